The number of nitrogens with one attached hydrogen (secondary N) is 1. The molecular formula is C14H27N3O3S. The van der Waals surface area contributed by atoms with E-state index in [1.54, 1.807) is 10.8 Å². The smallest absolute Gasteiger partial charge is 0.242 e. The molecule has 0 radical (unpaired) electrons. The van der Waals surface area contributed by atoms with E-state index < -0.39 is 10.0 Å². The number of aryl methyl sites for hydroxylation is 1. The van der Waals surface area contributed by atoms with Crippen molar-refractivity contribution in [3.05, 3.63) is 18.0 Å². The second-order valence-electron chi connectivity index (χ2n) is 4.94. The molecule has 0 saturated heterocycles. The van der Waals surface area contributed by atoms with Crippen LogP contribution in [0.5, 0.6) is 0 Å². The van der Waals surface area contributed by atoms with Gasteiger partial charge in [-0.2, -0.15) is 0 Å². The highest BCUT2D eigenvalue weighted by molar-refractivity contribution is 7.89. The summed E-state index contributed by atoms with van der Waals surface area (Å²) in [6.45, 7) is 9.53. The van der Waals surface area contributed by atoms with Gasteiger partial charge in [-0.15, -0.1) is 0 Å². The molecule has 1 heterocycles. The zero-order chi connectivity index (χ0) is 15.9. The monoisotopic (exact) mass is 317 g/mol. The fraction of sp³-hybridized carbons (Fsp3) is 0.714. The molecule has 7 heteroatoms. The van der Waals surface area contributed by atoms with Crippen molar-refractivity contribution in [1.29, 1.82) is 0 Å². The van der Waals surface area contributed by atoms with Crippen LogP contribution in [0.4, 0.5) is 0 Å². The molecule has 0 bridgehead atoms. The fourth-order valence-electron chi connectivity index (χ4n) is 2.26. The minimum absolute atomic E-state index is 0.163. The summed E-state index contributed by atoms with van der Waals surface area (Å²) < 4.78 is 28.8. The van der Waals surface area contributed by atoms with Gasteiger partial charge in [0.15, 0.2) is 0 Å². The maximum Gasteiger partial charge on any atom is 0.242 e. The third-order valence-corrected chi connectivity index (χ3v) is 4.91. The van der Waals surface area contributed by atoms with Crippen LogP contribution < -0.4 is 4.72 Å². The number of hydrogen-bond donors (Lipinski definition) is 2. The van der Waals surface area contributed by atoms with Crippen molar-refractivity contribution in [3.8, 4) is 0 Å². The van der Waals surface area contributed by atoms with Gasteiger partial charge in [0.25, 0.3) is 0 Å². The topological polar surface area (TPSA) is 74.6 Å². The predicted molar refractivity (Wildman–Crippen MR) is 83.6 cm³/mol. The highest BCUT2D eigenvalue weighted by Crippen LogP contribution is 2.14. The Morgan fingerprint density at radius 1 is 1.29 bits per heavy atom. The standard InChI is InChI=1S/C14H27N3O3S/c1-4-8-16(5-2)9-7-15-21(19,20)14-10-13(12-18)17(6-3)11-14/h10-11,15,18H,4-9,12H2,1-3H3. The molecule has 122 valence electrons. The number of aliphatic hydroxyl groups excluding tert-OH is 1. The summed E-state index contributed by atoms with van der Waals surface area (Å²) in [5.74, 6) is 0. The van der Waals surface area contributed by atoms with Gasteiger partial charge in [0, 0.05) is 31.5 Å². The number of nitrogens with zero attached hydrogens (tertiary/aromatic N) is 2. The highest BCUT2D eigenvalue weighted by atomic mass is 32.2. The first-order valence-electron chi connectivity index (χ1n) is 7.50. The number of likely N-dealkylation sites (N-methyl/N-ethyl adjacent to an activating group) is 1. The van der Waals surface area contributed by atoms with E-state index >= 15 is 0 Å². The summed E-state index contributed by atoms with van der Waals surface area (Å²) in [5, 5.41) is 9.23. The Morgan fingerprint density at radius 3 is 2.48 bits per heavy atom. The molecule has 0 aliphatic heterocycles. The molecule has 0 aliphatic rings. The van der Waals surface area contributed by atoms with Gasteiger partial charge in [0.1, 0.15) is 0 Å². The zero-order valence-corrected chi connectivity index (χ0v) is 14.0. The van der Waals surface area contributed by atoms with Crippen LogP contribution >= 0.6 is 0 Å². The lowest BCUT2D eigenvalue weighted by Gasteiger charge is -2.19. The molecule has 1 rings (SSSR count). The summed E-state index contributed by atoms with van der Waals surface area (Å²) in [6, 6.07) is 1.52. The van der Waals surface area contributed by atoms with Crippen LogP contribution in [0.25, 0.3) is 0 Å². The van der Waals surface area contributed by atoms with Gasteiger partial charge in [0.05, 0.1) is 11.5 Å². The van der Waals surface area contributed by atoms with Crippen molar-refractivity contribution in [1.82, 2.24) is 14.2 Å². The van der Waals surface area contributed by atoms with Crippen LogP contribution in [0.1, 0.15) is 32.9 Å². The Labute approximate surface area is 127 Å². The molecule has 6 nitrogen and oxygen atoms in total. The molecular weight excluding hydrogens is 290 g/mol. The van der Waals surface area contributed by atoms with Crippen molar-refractivity contribution in [2.24, 2.45) is 0 Å². The zero-order valence-electron chi connectivity index (χ0n) is 13.2. The molecule has 0 atom stereocenters. The normalized spacial score (nSPS) is 12.2. The predicted octanol–water partition coefficient (Wildman–Crippen LogP) is 1.01. The van der Waals surface area contributed by atoms with Crippen molar-refractivity contribution in [3.63, 3.8) is 0 Å². The molecule has 1 aromatic rings. The van der Waals surface area contributed by atoms with Crippen LogP contribution in [0, 0.1) is 0 Å². The van der Waals surface area contributed by atoms with Crippen molar-refractivity contribution >= 4 is 10.0 Å². The van der Waals surface area contributed by atoms with Gasteiger partial charge in [-0.25, -0.2) is 13.1 Å². The third-order valence-electron chi connectivity index (χ3n) is 3.48. The van der Waals surface area contributed by atoms with E-state index in [1.807, 2.05) is 6.92 Å². The van der Waals surface area contributed by atoms with Gasteiger partial charge < -0.3 is 14.6 Å². The van der Waals surface area contributed by atoms with E-state index in [-0.39, 0.29) is 11.5 Å². The second-order valence-corrected chi connectivity index (χ2v) is 6.71. The quantitative estimate of drug-likeness (QED) is 0.675. The van der Waals surface area contributed by atoms with Crippen LogP contribution in [-0.4, -0.2) is 49.2 Å². The average molecular weight is 317 g/mol. The maximum atomic E-state index is 12.2. The first kappa shape index (κ1) is 18.2. The van der Waals surface area contributed by atoms with Crippen molar-refractivity contribution in [2.45, 2.75) is 45.2 Å². The molecule has 0 amide bonds. The number of sulfonamides is 1. The van der Waals surface area contributed by atoms with Gasteiger partial charge >= 0.3 is 0 Å². The Kier molecular flexibility index (Phi) is 7.37. The lowest BCUT2D eigenvalue weighted by atomic mass is 10.4. The molecule has 0 saturated carbocycles. The van der Waals surface area contributed by atoms with Crippen LogP contribution in [0.3, 0.4) is 0 Å². The van der Waals surface area contributed by atoms with Crippen LogP contribution in [0.15, 0.2) is 17.2 Å². The summed E-state index contributed by atoms with van der Waals surface area (Å²) in [6.07, 6.45) is 2.62. The average Bonchev–Trinajstić information content (AvgIpc) is 2.90. The van der Waals surface area contributed by atoms with E-state index in [4.69, 9.17) is 0 Å². The van der Waals surface area contributed by atoms with E-state index in [0.717, 1.165) is 19.5 Å². The molecule has 0 spiro atoms. The molecule has 1 aromatic heterocycles. The van der Waals surface area contributed by atoms with E-state index in [0.29, 0.717) is 25.3 Å². The van der Waals surface area contributed by atoms with E-state index in [1.165, 1.54) is 6.07 Å². The highest BCUT2D eigenvalue weighted by Gasteiger charge is 2.17. The third kappa shape index (κ3) is 5.10. The molecule has 21 heavy (non-hydrogen) atoms. The fourth-order valence-corrected chi connectivity index (χ4v) is 3.35. The number of aliphatic hydroxyl groups is 1. The Hall–Kier alpha value is -0.890. The van der Waals surface area contributed by atoms with Crippen molar-refractivity contribution in [2.75, 3.05) is 26.2 Å². The van der Waals surface area contributed by atoms with Gasteiger partial charge in [-0.05, 0) is 32.5 Å². The van der Waals surface area contributed by atoms with E-state index in [2.05, 4.69) is 23.5 Å². The first-order valence-corrected chi connectivity index (χ1v) is 8.98. The van der Waals surface area contributed by atoms with Gasteiger partial charge in [-0.1, -0.05) is 13.8 Å². The Morgan fingerprint density at radius 2 is 2.00 bits per heavy atom. The Balaban J connectivity index is 2.67. The summed E-state index contributed by atoms with van der Waals surface area (Å²) >= 11 is 0. The molecule has 2 N–H and O–H groups in total. The van der Waals surface area contributed by atoms with Crippen LogP contribution in [-0.2, 0) is 23.2 Å². The molecule has 0 fully saturated rings. The maximum absolute atomic E-state index is 12.2. The number of hydrogen-bond acceptors (Lipinski definition) is 4. The van der Waals surface area contributed by atoms with E-state index in [9.17, 15) is 13.5 Å². The molecule has 0 aromatic carbocycles. The molecule has 0 aliphatic carbocycles. The number of rotatable bonds is 10. The number of aromatic nitrogens is 1. The summed E-state index contributed by atoms with van der Waals surface area (Å²) in [5.41, 5.74) is 0.610. The summed E-state index contributed by atoms with van der Waals surface area (Å²) in [7, 11) is -3.51. The summed E-state index contributed by atoms with van der Waals surface area (Å²) in [4.78, 5) is 2.42. The largest absolute Gasteiger partial charge is 0.390 e. The lowest BCUT2D eigenvalue weighted by molar-refractivity contribution is 0.271. The Bertz CT molecular complexity index is 504. The molecule has 0 unspecified atom stereocenters. The van der Waals surface area contributed by atoms with Gasteiger partial charge in [0.2, 0.25) is 10.0 Å². The minimum Gasteiger partial charge on any atom is -0.390 e. The minimum atomic E-state index is -3.51. The van der Waals surface area contributed by atoms with Gasteiger partial charge in [-0.3, -0.25) is 0 Å². The second kappa shape index (κ2) is 8.53. The first-order chi connectivity index (χ1) is 9.98. The SMILES string of the molecule is CCCN(CC)CCNS(=O)(=O)c1cc(CO)n(CC)c1. The van der Waals surface area contributed by atoms with Crippen molar-refractivity contribution < 1.29 is 13.5 Å². The van der Waals surface area contributed by atoms with Crippen LogP contribution in [0.2, 0.25) is 0 Å². The lowest BCUT2D eigenvalue weighted by Crippen LogP contribution is -2.35.